The largest absolute Gasteiger partial charge is 0.459 e. The maximum Gasteiger partial charge on any atom is 0.342 e. The lowest BCUT2D eigenvalue weighted by Gasteiger charge is -2.29. The van der Waals surface area contributed by atoms with E-state index in [1.165, 1.54) is 6.92 Å². The highest BCUT2D eigenvalue weighted by Crippen LogP contribution is 2.25. The first-order chi connectivity index (χ1) is 13.1. The number of carbonyl (C=O) groups excluding carboxylic acids is 2. The van der Waals surface area contributed by atoms with Crippen LogP contribution < -0.4 is 0 Å². The van der Waals surface area contributed by atoms with Crippen LogP contribution in [0.1, 0.15) is 50.0 Å². The van der Waals surface area contributed by atoms with Gasteiger partial charge in [0, 0.05) is 10.0 Å². The van der Waals surface area contributed by atoms with E-state index in [-0.39, 0.29) is 18.8 Å². The zero-order valence-electron chi connectivity index (χ0n) is 16.5. The van der Waals surface area contributed by atoms with Crippen LogP contribution >= 0.6 is 15.9 Å². The van der Waals surface area contributed by atoms with Gasteiger partial charge in [0.25, 0.3) is 0 Å². The molecule has 2 aromatic rings. The molecule has 0 radical (unpaired) electrons. The summed E-state index contributed by atoms with van der Waals surface area (Å²) in [6.45, 7) is 6.96. The predicted molar refractivity (Wildman–Crippen MR) is 110 cm³/mol. The molecule has 0 fully saturated rings. The third kappa shape index (κ3) is 6.86. The van der Waals surface area contributed by atoms with Gasteiger partial charge in [0.15, 0.2) is 5.78 Å². The Morgan fingerprint density at radius 1 is 0.893 bits per heavy atom. The van der Waals surface area contributed by atoms with Crippen LogP contribution in [0, 0.1) is 0 Å². The van der Waals surface area contributed by atoms with Gasteiger partial charge in [-0.05, 0) is 45.4 Å². The standard InChI is InChI=1S/C22H25BrO5/c1-21(2,3)27-28-22(4,14-19(24)17-10-12-18(23)13-11-17)20(25)26-15-16-8-6-5-7-9-16/h5-13H,14-15H2,1-4H3. The molecule has 1 unspecified atom stereocenters. The van der Waals surface area contributed by atoms with E-state index in [9.17, 15) is 9.59 Å². The fourth-order valence-corrected chi connectivity index (χ4v) is 2.54. The molecule has 28 heavy (non-hydrogen) atoms. The number of hydrogen-bond donors (Lipinski definition) is 0. The molecule has 0 N–H and O–H groups in total. The summed E-state index contributed by atoms with van der Waals surface area (Å²) in [4.78, 5) is 36.3. The Bertz CT molecular complexity index is 796. The molecule has 0 aromatic heterocycles. The fraction of sp³-hybridized carbons (Fsp3) is 0.364. The highest BCUT2D eigenvalue weighted by molar-refractivity contribution is 9.10. The molecule has 0 saturated carbocycles. The maximum absolute atomic E-state index is 12.8. The van der Waals surface area contributed by atoms with Crippen molar-refractivity contribution in [3.63, 3.8) is 0 Å². The first-order valence-corrected chi connectivity index (χ1v) is 9.75. The highest BCUT2D eigenvalue weighted by Gasteiger charge is 2.41. The first kappa shape index (κ1) is 22.3. The van der Waals surface area contributed by atoms with E-state index in [4.69, 9.17) is 14.5 Å². The van der Waals surface area contributed by atoms with Gasteiger partial charge in [-0.3, -0.25) is 4.79 Å². The number of benzene rings is 2. The van der Waals surface area contributed by atoms with Gasteiger partial charge in [0.2, 0.25) is 5.60 Å². The molecular weight excluding hydrogens is 424 g/mol. The van der Waals surface area contributed by atoms with Crippen molar-refractivity contribution < 1.29 is 24.1 Å². The van der Waals surface area contributed by atoms with Crippen LogP contribution in [0.3, 0.4) is 0 Å². The van der Waals surface area contributed by atoms with Crippen LogP contribution in [-0.4, -0.2) is 23.0 Å². The van der Waals surface area contributed by atoms with Crippen LogP contribution in [-0.2, 0) is 25.9 Å². The van der Waals surface area contributed by atoms with Gasteiger partial charge in [-0.2, -0.15) is 0 Å². The van der Waals surface area contributed by atoms with Gasteiger partial charge in [0.05, 0.1) is 12.0 Å². The normalized spacial score (nSPS) is 13.6. The van der Waals surface area contributed by atoms with E-state index in [0.717, 1.165) is 10.0 Å². The van der Waals surface area contributed by atoms with Crippen LogP contribution in [0.5, 0.6) is 0 Å². The van der Waals surface area contributed by atoms with E-state index in [2.05, 4.69) is 15.9 Å². The number of ether oxygens (including phenoxy) is 1. The van der Waals surface area contributed by atoms with Crippen molar-refractivity contribution in [3.8, 4) is 0 Å². The average molecular weight is 449 g/mol. The monoisotopic (exact) mass is 448 g/mol. The molecular formula is C22H25BrO5. The van der Waals surface area contributed by atoms with Crippen LogP contribution in [0.4, 0.5) is 0 Å². The molecule has 0 spiro atoms. The zero-order valence-corrected chi connectivity index (χ0v) is 18.1. The molecule has 0 amide bonds. The molecule has 0 aliphatic carbocycles. The molecule has 6 heteroatoms. The Hall–Kier alpha value is -2.02. The van der Waals surface area contributed by atoms with Gasteiger partial charge in [0.1, 0.15) is 6.61 Å². The van der Waals surface area contributed by atoms with E-state index < -0.39 is 17.2 Å². The summed E-state index contributed by atoms with van der Waals surface area (Å²) in [5, 5.41) is 0. The second kappa shape index (κ2) is 9.45. The lowest BCUT2D eigenvalue weighted by molar-refractivity contribution is -0.392. The lowest BCUT2D eigenvalue weighted by Crippen LogP contribution is -2.44. The zero-order chi connectivity index (χ0) is 20.8. The van der Waals surface area contributed by atoms with Crippen molar-refractivity contribution in [2.75, 3.05) is 0 Å². The Balaban J connectivity index is 2.14. The van der Waals surface area contributed by atoms with Crippen molar-refractivity contribution in [1.29, 1.82) is 0 Å². The molecule has 0 saturated heterocycles. The van der Waals surface area contributed by atoms with Crippen LogP contribution in [0.2, 0.25) is 0 Å². The van der Waals surface area contributed by atoms with E-state index >= 15 is 0 Å². The molecule has 2 aromatic carbocycles. The molecule has 150 valence electrons. The second-order valence-corrected chi connectivity index (χ2v) is 8.59. The quantitative estimate of drug-likeness (QED) is 0.238. The lowest BCUT2D eigenvalue weighted by atomic mass is 9.95. The summed E-state index contributed by atoms with van der Waals surface area (Å²) in [6.07, 6.45) is -0.210. The topological polar surface area (TPSA) is 61.8 Å². The minimum Gasteiger partial charge on any atom is -0.459 e. The Morgan fingerprint density at radius 3 is 2.07 bits per heavy atom. The van der Waals surface area contributed by atoms with Gasteiger partial charge < -0.3 is 4.74 Å². The van der Waals surface area contributed by atoms with Crippen LogP contribution in [0.15, 0.2) is 59.1 Å². The number of carbonyl (C=O) groups is 2. The maximum atomic E-state index is 12.8. The van der Waals surface area contributed by atoms with Crippen molar-refractivity contribution in [1.82, 2.24) is 0 Å². The summed E-state index contributed by atoms with van der Waals surface area (Å²) in [5.41, 5.74) is -0.910. The van der Waals surface area contributed by atoms with Gasteiger partial charge in [-0.15, -0.1) is 0 Å². The summed E-state index contributed by atoms with van der Waals surface area (Å²) in [6, 6.07) is 16.2. The van der Waals surface area contributed by atoms with Crippen molar-refractivity contribution >= 4 is 27.7 Å². The molecule has 0 aliphatic rings. The molecule has 1 atom stereocenters. The van der Waals surface area contributed by atoms with Gasteiger partial charge >= 0.3 is 5.97 Å². The van der Waals surface area contributed by atoms with E-state index in [1.807, 2.05) is 30.3 Å². The number of rotatable bonds is 8. The third-order valence-electron chi connectivity index (χ3n) is 3.78. The van der Waals surface area contributed by atoms with Crippen molar-refractivity contribution in [2.45, 2.75) is 51.9 Å². The molecule has 0 bridgehead atoms. The highest BCUT2D eigenvalue weighted by atomic mass is 79.9. The number of hydrogen-bond acceptors (Lipinski definition) is 5. The Morgan fingerprint density at radius 2 is 1.50 bits per heavy atom. The van der Waals surface area contributed by atoms with E-state index in [0.29, 0.717) is 5.56 Å². The van der Waals surface area contributed by atoms with E-state index in [1.54, 1.807) is 45.0 Å². The van der Waals surface area contributed by atoms with Crippen molar-refractivity contribution in [3.05, 3.63) is 70.2 Å². The SMILES string of the molecule is CC(C)(C)OOC(C)(CC(=O)c1ccc(Br)cc1)C(=O)OCc1ccccc1. The number of esters is 1. The molecule has 0 heterocycles. The van der Waals surface area contributed by atoms with Crippen LogP contribution in [0.25, 0.3) is 0 Å². The first-order valence-electron chi connectivity index (χ1n) is 8.96. The van der Waals surface area contributed by atoms with Crippen molar-refractivity contribution in [2.24, 2.45) is 0 Å². The smallest absolute Gasteiger partial charge is 0.342 e. The summed E-state index contributed by atoms with van der Waals surface area (Å²) < 4.78 is 6.27. The summed E-state index contributed by atoms with van der Waals surface area (Å²) in [7, 11) is 0. The molecule has 5 nitrogen and oxygen atoms in total. The Labute approximate surface area is 174 Å². The minimum absolute atomic E-state index is 0.0839. The molecule has 2 rings (SSSR count). The number of halogens is 1. The predicted octanol–water partition coefficient (Wildman–Crippen LogP) is 5.27. The number of ketones is 1. The molecule has 0 aliphatic heterocycles. The minimum atomic E-state index is -1.58. The summed E-state index contributed by atoms with van der Waals surface area (Å²) >= 11 is 3.34. The van der Waals surface area contributed by atoms with Gasteiger partial charge in [-0.1, -0.05) is 58.4 Å². The average Bonchev–Trinajstić information content (AvgIpc) is 2.65. The summed E-state index contributed by atoms with van der Waals surface area (Å²) in [5.74, 6) is -0.907. The van der Waals surface area contributed by atoms with Gasteiger partial charge in [-0.25, -0.2) is 14.6 Å². The Kier molecular flexibility index (Phi) is 7.52. The fourth-order valence-electron chi connectivity index (χ4n) is 2.27. The number of Topliss-reactive ketones (excluding diaryl/α,β-unsaturated/α-hetero) is 1. The second-order valence-electron chi connectivity index (χ2n) is 7.68. The third-order valence-corrected chi connectivity index (χ3v) is 4.31.